The normalized spacial score (nSPS) is 27.2. The highest BCUT2D eigenvalue weighted by Crippen LogP contribution is 2.35. The summed E-state index contributed by atoms with van der Waals surface area (Å²) in [5.41, 5.74) is -0.731. The number of hydrogen-bond donors (Lipinski definition) is 0. The Hall–Kier alpha value is -0.835. The molecule has 1 aliphatic rings. The van der Waals surface area contributed by atoms with Crippen LogP contribution < -0.4 is 0 Å². The highest BCUT2D eigenvalue weighted by molar-refractivity contribution is 6.57. The van der Waals surface area contributed by atoms with E-state index in [-0.39, 0.29) is 17.9 Å². The summed E-state index contributed by atoms with van der Waals surface area (Å²) < 4.78 is 5.80. The Morgan fingerprint density at radius 1 is 1.35 bits per heavy atom. The minimum absolute atomic E-state index is 0.113. The standard InChI is InChI=1S/C12H20BNO3/c1-5-8(15)7-10-9(6-2)14(11(13)16)12(3,4)17-10/h9-10H,5-7H2,1-4H3. The smallest absolute Gasteiger partial charge is 0.200 e. The second-order valence-electron chi connectivity index (χ2n) is 4.88. The zero-order valence-electron chi connectivity index (χ0n) is 11.0. The second kappa shape index (κ2) is 5.21. The molecule has 0 spiro atoms. The van der Waals surface area contributed by atoms with E-state index in [1.165, 1.54) is 0 Å². The summed E-state index contributed by atoms with van der Waals surface area (Å²) >= 11 is 0. The van der Waals surface area contributed by atoms with Gasteiger partial charge in [-0.25, -0.2) is 0 Å². The van der Waals surface area contributed by atoms with Gasteiger partial charge in [0.1, 0.15) is 11.5 Å². The molecular formula is C12H20BNO3. The molecule has 2 atom stereocenters. The molecule has 0 aliphatic carbocycles. The summed E-state index contributed by atoms with van der Waals surface area (Å²) in [7, 11) is 5.39. The zero-order valence-corrected chi connectivity index (χ0v) is 11.0. The van der Waals surface area contributed by atoms with Gasteiger partial charge in [0.25, 0.3) is 0 Å². The largest absolute Gasteiger partial charge is 0.350 e. The van der Waals surface area contributed by atoms with E-state index in [0.29, 0.717) is 12.8 Å². The summed E-state index contributed by atoms with van der Waals surface area (Å²) in [6.07, 6.45) is 1.33. The molecule has 0 N–H and O–H groups in total. The lowest BCUT2D eigenvalue weighted by molar-refractivity contribution is -0.123. The summed E-state index contributed by atoms with van der Waals surface area (Å²) in [5.74, 6) is -0.344. The molecule has 0 aromatic carbocycles. The van der Waals surface area contributed by atoms with E-state index in [0.717, 1.165) is 6.42 Å². The van der Waals surface area contributed by atoms with Gasteiger partial charge >= 0.3 is 0 Å². The molecule has 1 rings (SSSR count). The second-order valence-corrected chi connectivity index (χ2v) is 4.88. The van der Waals surface area contributed by atoms with Crippen molar-refractivity contribution in [1.29, 1.82) is 0 Å². The van der Waals surface area contributed by atoms with Crippen LogP contribution in [0.2, 0.25) is 0 Å². The maximum atomic E-state index is 11.5. The average molecular weight is 237 g/mol. The van der Waals surface area contributed by atoms with Crippen molar-refractivity contribution >= 4 is 19.4 Å². The molecule has 1 saturated heterocycles. The number of amides is 1. The Balaban J connectivity index is 2.88. The predicted molar refractivity (Wildman–Crippen MR) is 65.9 cm³/mol. The number of Topliss-reactive ketones (excluding diaryl/α,β-unsaturated/α-hetero) is 1. The van der Waals surface area contributed by atoms with Crippen molar-refractivity contribution < 1.29 is 14.3 Å². The lowest BCUT2D eigenvalue weighted by Crippen LogP contribution is -2.47. The maximum absolute atomic E-state index is 11.5. The van der Waals surface area contributed by atoms with Crippen LogP contribution in [0, 0.1) is 0 Å². The quantitative estimate of drug-likeness (QED) is 0.701. The van der Waals surface area contributed by atoms with Gasteiger partial charge in [-0.15, -0.1) is 0 Å². The van der Waals surface area contributed by atoms with Gasteiger partial charge in [0.2, 0.25) is 7.85 Å². The Labute approximate surface area is 104 Å². The highest BCUT2D eigenvalue weighted by Gasteiger charge is 2.47. The highest BCUT2D eigenvalue weighted by atomic mass is 16.5. The van der Waals surface area contributed by atoms with E-state index in [9.17, 15) is 9.59 Å². The SMILES string of the molecule is [B]C(=O)N1C(CC)C(CC(=O)CC)OC1(C)C. The molecule has 2 unspecified atom stereocenters. The van der Waals surface area contributed by atoms with Crippen molar-refractivity contribution in [2.45, 2.75) is 64.8 Å². The molecule has 4 nitrogen and oxygen atoms in total. The Morgan fingerprint density at radius 3 is 2.35 bits per heavy atom. The maximum Gasteiger partial charge on any atom is 0.200 e. The number of carbonyl (C=O) groups is 2. The van der Waals surface area contributed by atoms with Gasteiger partial charge in [-0.1, -0.05) is 13.8 Å². The van der Waals surface area contributed by atoms with E-state index in [2.05, 4.69) is 0 Å². The van der Waals surface area contributed by atoms with Crippen molar-refractivity contribution in [3.63, 3.8) is 0 Å². The van der Waals surface area contributed by atoms with Crippen LogP contribution in [0.4, 0.5) is 4.79 Å². The van der Waals surface area contributed by atoms with E-state index >= 15 is 0 Å². The van der Waals surface area contributed by atoms with E-state index < -0.39 is 11.5 Å². The summed E-state index contributed by atoms with van der Waals surface area (Å²) in [6, 6.07) is -0.113. The van der Waals surface area contributed by atoms with Crippen LogP contribution in [0.1, 0.15) is 47.0 Å². The molecule has 0 aromatic rings. The predicted octanol–water partition coefficient (Wildman–Crippen LogP) is 1.86. The molecule has 0 saturated carbocycles. The number of hydrogen-bond acceptors (Lipinski definition) is 3. The van der Waals surface area contributed by atoms with Crippen molar-refractivity contribution in [2.75, 3.05) is 0 Å². The van der Waals surface area contributed by atoms with Crippen LogP contribution in [0.5, 0.6) is 0 Å². The molecule has 5 heteroatoms. The van der Waals surface area contributed by atoms with Crippen LogP contribution >= 0.6 is 0 Å². The lowest BCUT2D eigenvalue weighted by Gasteiger charge is -2.33. The van der Waals surface area contributed by atoms with Gasteiger partial charge < -0.3 is 9.64 Å². The van der Waals surface area contributed by atoms with Crippen molar-refractivity contribution in [2.24, 2.45) is 0 Å². The van der Waals surface area contributed by atoms with Crippen LogP contribution in [-0.4, -0.2) is 42.2 Å². The van der Waals surface area contributed by atoms with Gasteiger partial charge in [0, 0.05) is 12.8 Å². The molecule has 1 aliphatic heterocycles. The fourth-order valence-electron chi connectivity index (χ4n) is 2.49. The molecule has 17 heavy (non-hydrogen) atoms. The fourth-order valence-corrected chi connectivity index (χ4v) is 2.49. The monoisotopic (exact) mass is 237 g/mol. The Kier molecular flexibility index (Phi) is 4.36. The van der Waals surface area contributed by atoms with Crippen LogP contribution in [0.15, 0.2) is 0 Å². The van der Waals surface area contributed by atoms with Crippen molar-refractivity contribution in [1.82, 2.24) is 4.90 Å². The number of nitrogens with zero attached hydrogens (tertiary/aromatic N) is 1. The number of ketones is 1. The molecule has 1 heterocycles. The Morgan fingerprint density at radius 2 is 1.94 bits per heavy atom. The number of rotatable bonds is 4. The first kappa shape index (κ1) is 14.2. The molecule has 94 valence electrons. The molecular weight excluding hydrogens is 217 g/mol. The van der Waals surface area contributed by atoms with Crippen molar-refractivity contribution in [3.8, 4) is 0 Å². The summed E-state index contributed by atoms with van der Waals surface area (Å²) in [5, 5.41) is 0. The van der Waals surface area contributed by atoms with Crippen LogP contribution in [0.25, 0.3) is 0 Å². The van der Waals surface area contributed by atoms with Gasteiger partial charge in [-0.3, -0.25) is 9.59 Å². The van der Waals surface area contributed by atoms with E-state index in [1.54, 1.807) is 18.7 Å². The molecule has 0 aromatic heterocycles. The third-order valence-corrected chi connectivity index (χ3v) is 3.26. The minimum atomic E-state index is -0.731. The molecule has 1 amide bonds. The van der Waals surface area contributed by atoms with Crippen LogP contribution in [0.3, 0.4) is 0 Å². The number of ether oxygens (including phenoxy) is 1. The zero-order chi connectivity index (χ0) is 13.2. The van der Waals surface area contributed by atoms with E-state index in [1.807, 2.05) is 13.8 Å². The molecule has 1 fully saturated rings. The minimum Gasteiger partial charge on any atom is -0.350 e. The first-order chi connectivity index (χ1) is 7.83. The van der Waals surface area contributed by atoms with Gasteiger partial charge in [-0.05, 0) is 20.3 Å². The van der Waals surface area contributed by atoms with E-state index in [4.69, 9.17) is 12.6 Å². The first-order valence-corrected chi connectivity index (χ1v) is 6.11. The van der Waals surface area contributed by atoms with Crippen molar-refractivity contribution in [3.05, 3.63) is 0 Å². The summed E-state index contributed by atoms with van der Waals surface area (Å²) in [6.45, 7) is 7.40. The first-order valence-electron chi connectivity index (χ1n) is 6.11. The van der Waals surface area contributed by atoms with Gasteiger partial charge in [0.05, 0.1) is 12.1 Å². The van der Waals surface area contributed by atoms with Crippen LogP contribution in [-0.2, 0) is 9.53 Å². The Bertz CT molecular complexity index is 317. The number of carbonyl (C=O) groups excluding carboxylic acids is 2. The van der Waals surface area contributed by atoms with Gasteiger partial charge in [0.15, 0.2) is 5.81 Å². The molecule has 2 radical (unpaired) electrons. The topological polar surface area (TPSA) is 46.6 Å². The summed E-state index contributed by atoms with van der Waals surface area (Å²) in [4.78, 5) is 24.5. The lowest BCUT2D eigenvalue weighted by atomic mass is 9.98. The fraction of sp³-hybridized carbons (Fsp3) is 0.833. The molecule has 0 bridgehead atoms. The average Bonchev–Trinajstić information content (AvgIpc) is 2.48. The third kappa shape index (κ3) is 2.89. The third-order valence-electron chi connectivity index (χ3n) is 3.26. The van der Waals surface area contributed by atoms with Gasteiger partial charge in [-0.2, -0.15) is 0 Å².